The number of hydrogen-bond donors (Lipinski definition) is 2. The molecule has 2 N–H and O–H groups in total. The average Bonchev–Trinajstić information content (AvgIpc) is 2.67. The number of aliphatic hydroxyl groups excluding tert-OH is 2. The lowest BCUT2D eigenvalue weighted by Crippen LogP contribution is -2.16. The molecule has 0 rings (SSSR count). The van der Waals surface area contributed by atoms with E-state index in [2.05, 4.69) is 28.4 Å². The molecule has 12 nitrogen and oxygen atoms in total. The molecule has 154 valence electrons. The summed E-state index contributed by atoms with van der Waals surface area (Å²) >= 11 is 0. The first-order valence-corrected chi connectivity index (χ1v) is 6.97. The Hall–Kier alpha value is -2.28. The fourth-order valence-electron chi connectivity index (χ4n) is 0.671. The van der Waals surface area contributed by atoms with E-state index in [4.69, 9.17) is 10.2 Å². The van der Waals surface area contributed by atoms with Gasteiger partial charge in [0.15, 0.2) is 0 Å². The second-order valence-electron chi connectivity index (χ2n) is 3.74. The highest BCUT2D eigenvalue weighted by atomic mass is 16.6. The molecule has 0 aliphatic carbocycles. The number of methoxy groups -OCH3 is 4. The maximum absolute atomic E-state index is 10.4. The first-order valence-electron chi connectivity index (χ1n) is 6.97. The Morgan fingerprint density at radius 2 is 0.731 bits per heavy atom. The maximum Gasteiger partial charge on any atom is 0.331 e. The summed E-state index contributed by atoms with van der Waals surface area (Å²) < 4.78 is 26.2. The largest absolute Gasteiger partial charge is 0.467 e. The van der Waals surface area contributed by atoms with Crippen molar-refractivity contribution in [2.24, 2.45) is 0 Å². The van der Waals surface area contributed by atoms with Gasteiger partial charge >= 0.3 is 23.9 Å². The van der Waals surface area contributed by atoms with Gasteiger partial charge in [0, 0.05) is 0 Å². The number of ether oxygens (including phenoxy) is 6. The van der Waals surface area contributed by atoms with Crippen molar-refractivity contribution in [1.29, 1.82) is 0 Å². The lowest BCUT2D eigenvalue weighted by atomic mass is 10.7. The van der Waals surface area contributed by atoms with Gasteiger partial charge in [-0.15, -0.1) is 0 Å². The number of carbonyl (C=O) groups is 4. The molecule has 0 aromatic heterocycles. The summed E-state index contributed by atoms with van der Waals surface area (Å²) in [6.45, 7) is -1.17. The third-order valence-corrected chi connectivity index (χ3v) is 1.89. The molecule has 0 bridgehead atoms. The van der Waals surface area contributed by atoms with Crippen LogP contribution < -0.4 is 0 Å². The van der Waals surface area contributed by atoms with Gasteiger partial charge in [0.2, 0.25) is 0 Å². The molecule has 0 unspecified atom stereocenters. The van der Waals surface area contributed by atoms with E-state index in [0.717, 1.165) is 0 Å². The summed E-state index contributed by atoms with van der Waals surface area (Å²) in [6.07, 6.45) is 0. The van der Waals surface area contributed by atoms with Crippen LogP contribution >= 0.6 is 0 Å². The summed E-state index contributed by atoms with van der Waals surface area (Å²) in [4.78, 5) is 41.5. The Balaban J connectivity index is -0.000000338. The van der Waals surface area contributed by atoms with Crippen molar-refractivity contribution in [2.45, 2.75) is 0 Å². The van der Waals surface area contributed by atoms with Crippen molar-refractivity contribution in [3.05, 3.63) is 0 Å². The van der Waals surface area contributed by atoms with Crippen molar-refractivity contribution in [3.8, 4) is 0 Å². The zero-order valence-corrected chi connectivity index (χ0v) is 15.2. The second kappa shape index (κ2) is 22.7. The summed E-state index contributed by atoms with van der Waals surface area (Å²) in [6, 6.07) is 0. The molecule has 0 spiro atoms. The van der Waals surface area contributed by atoms with Gasteiger partial charge in [0.1, 0.15) is 26.4 Å². The van der Waals surface area contributed by atoms with E-state index in [9.17, 15) is 19.2 Å². The van der Waals surface area contributed by atoms with Gasteiger partial charge < -0.3 is 38.6 Å². The van der Waals surface area contributed by atoms with Crippen LogP contribution in [0.25, 0.3) is 0 Å². The molecule has 0 aromatic carbocycles. The monoisotopic (exact) mass is 386 g/mol. The quantitative estimate of drug-likeness (QED) is 0.321. The van der Waals surface area contributed by atoms with Gasteiger partial charge in [-0.1, -0.05) is 0 Å². The van der Waals surface area contributed by atoms with Gasteiger partial charge in [-0.25, -0.2) is 19.2 Å². The fraction of sp³-hybridized carbons (Fsp3) is 0.714. The molecular formula is C14H26O12. The highest BCUT2D eigenvalue weighted by Gasteiger charge is 2.04. The van der Waals surface area contributed by atoms with Crippen LogP contribution in [-0.4, -0.2) is 102 Å². The van der Waals surface area contributed by atoms with Crippen molar-refractivity contribution < 1.29 is 57.8 Å². The van der Waals surface area contributed by atoms with Crippen LogP contribution in [0, 0.1) is 0 Å². The van der Waals surface area contributed by atoms with Crippen molar-refractivity contribution in [3.63, 3.8) is 0 Å². The topological polar surface area (TPSA) is 164 Å². The first kappa shape index (κ1) is 28.5. The molecule has 0 fully saturated rings. The molecule has 0 saturated heterocycles. The predicted octanol–water partition coefficient (Wildman–Crippen LogP) is -2.33. The minimum atomic E-state index is -0.520. The molecule has 0 aromatic rings. The summed E-state index contributed by atoms with van der Waals surface area (Å²) in [7, 11) is 4.96. The van der Waals surface area contributed by atoms with E-state index in [0.29, 0.717) is 0 Å². The van der Waals surface area contributed by atoms with E-state index < -0.39 is 23.9 Å². The van der Waals surface area contributed by atoms with Gasteiger partial charge in [0.05, 0.1) is 41.7 Å². The Labute approximate surface area is 150 Å². The smallest absolute Gasteiger partial charge is 0.331 e. The zero-order valence-electron chi connectivity index (χ0n) is 15.2. The van der Waals surface area contributed by atoms with Crippen LogP contribution in [0.2, 0.25) is 0 Å². The maximum atomic E-state index is 10.4. The number of aliphatic hydroxyl groups is 2. The van der Waals surface area contributed by atoms with Gasteiger partial charge in [-0.05, 0) is 0 Å². The Morgan fingerprint density at radius 1 is 0.538 bits per heavy atom. The van der Waals surface area contributed by atoms with E-state index in [1.165, 1.54) is 28.4 Å². The van der Waals surface area contributed by atoms with Crippen LogP contribution in [0.5, 0.6) is 0 Å². The van der Waals surface area contributed by atoms with E-state index in [-0.39, 0.29) is 39.6 Å². The zero-order chi connectivity index (χ0) is 20.8. The molecule has 0 aliphatic rings. The molecule has 0 atom stereocenters. The average molecular weight is 386 g/mol. The highest BCUT2D eigenvalue weighted by Crippen LogP contribution is 1.81. The Bertz CT molecular complexity index is 314. The lowest BCUT2D eigenvalue weighted by molar-refractivity contribution is -0.153. The van der Waals surface area contributed by atoms with Crippen molar-refractivity contribution >= 4 is 23.9 Å². The minimum absolute atomic E-state index is 0.125. The number of carbonyl (C=O) groups excluding carboxylic acids is 4. The minimum Gasteiger partial charge on any atom is -0.467 e. The molecule has 12 heteroatoms. The SMILES string of the molecule is COC(=O)COCC(=O)OC.COC(=O)COCC(=O)OC.OCCO. The number of hydrogen-bond acceptors (Lipinski definition) is 12. The van der Waals surface area contributed by atoms with Crippen LogP contribution in [0.1, 0.15) is 0 Å². The van der Waals surface area contributed by atoms with E-state index >= 15 is 0 Å². The predicted molar refractivity (Wildman–Crippen MR) is 83.9 cm³/mol. The summed E-state index contributed by atoms with van der Waals surface area (Å²) in [5, 5.41) is 15.2. The second-order valence-corrected chi connectivity index (χ2v) is 3.74. The third-order valence-electron chi connectivity index (χ3n) is 1.89. The standard InChI is InChI=1S/2C6H10O5.C2H6O2/c2*1-9-5(7)3-11-4-6(8)10-2;3-1-2-4/h2*3-4H2,1-2H3;3-4H,1-2H2. The molecule has 0 aliphatic heterocycles. The van der Waals surface area contributed by atoms with Crippen molar-refractivity contribution in [1.82, 2.24) is 0 Å². The molecular weight excluding hydrogens is 360 g/mol. The lowest BCUT2D eigenvalue weighted by Gasteiger charge is -2.00. The number of rotatable bonds is 9. The normalized spacial score (nSPS) is 8.69. The van der Waals surface area contributed by atoms with Crippen LogP contribution in [0.4, 0.5) is 0 Å². The summed E-state index contributed by atoms with van der Waals surface area (Å²) in [5.41, 5.74) is 0. The van der Waals surface area contributed by atoms with Gasteiger partial charge in [-0.2, -0.15) is 0 Å². The third kappa shape index (κ3) is 26.6. The summed E-state index contributed by atoms with van der Waals surface area (Å²) in [5.74, 6) is -2.08. The van der Waals surface area contributed by atoms with E-state index in [1.807, 2.05) is 0 Å². The van der Waals surface area contributed by atoms with Crippen molar-refractivity contribution in [2.75, 3.05) is 68.1 Å². The van der Waals surface area contributed by atoms with E-state index in [1.54, 1.807) is 0 Å². The molecule has 0 radical (unpaired) electrons. The molecule has 26 heavy (non-hydrogen) atoms. The van der Waals surface area contributed by atoms with Crippen LogP contribution in [-0.2, 0) is 47.6 Å². The Morgan fingerprint density at radius 3 is 0.846 bits per heavy atom. The van der Waals surface area contributed by atoms with Crippen LogP contribution in [0.3, 0.4) is 0 Å². The molecule has 0 amide bonds. The van der Waals surface area contributed by atoms with Gasteiger partial charge in [0.25, 0.3) is 0 Å². The van der Waals surface area contributed by atoms with Gasteiger partial charge in [-0.3, -0.25) is 0 Å². The molecule has 0 heterocycles. The first-order chi connectivity index (χ1) is 12.3. The number of esters is 4. The highest BCUT2D eigenvalue weighted by molar-refractivity contribution is 5.73. The molecule has 0 saturated carbocycles. The van der Waals surface area contributed by atoms with Crippen LogP contribution in [0.15, 0.2) is 0 Å². The Kier molecular flexibility index (Phi) is 24.9. The fourth-order valence-corrected chi connectivity index (χ4v) is 0.671.